The van der Waals surface area contributed by atoms with Gasteiger partial charge in [0, 0.05) is 12.5 Å². The predicted octanol–water partition coefficient (Wildman–Crippen LogP) is 6.66. The number of hydrogen-bond acceptors (Lipinski definition) is 2. The average Bonchev–Trinajstić information content (AvgIpc) is 2.45. The lowest BCUT2D eigenvalue weighted by atomic mass is 9.99. The van der Waals surface area contributed by atoms with Crippen molar-refractivity contribution < 1.29 is 9.90 Å². The lowest BCUT2D eigenvalue weighted by molar-refractivity contribution is -0.111. The molecule has 0 saturated heterocycles. The third kappa shape index (κ3) is 22.3. The molecule has 0 aromatic heterocycles. The first kappa shape index (κ1) is 28.1. The number of hydrogen-bond donors (Lipinski definition) is 1. The van der Waals surface area contributed by atoms with Crippen LogP contribution in [0.3, 0.4) is 0 Å². The van der Waals surface area contributed by atoms with Crippen LogP contribution in [0.15, 0.2) is 9.47 Å². The van der Waals surface area contributed by atoms with Gasteiger partial charge < -0.3 is 9.90 Å². The Hall–Kier alpha value is 0.330. The topological polar surface area (TPSA) is 37.3 Å². The van der Waals surface area contributed by atoms with Gasteiger partial charge in [-0.15, -0.1) is 0 Å². The summed E-state index contributed by atoms with van der Waals surface area (Å²) in [5, 5.41) is 8.51. The van der Waals surface area contributed by atoms with Gasteiger partial charge in [0.1, 0.15) is 6.29 Å². The van der Waals surface area contributed by atoms with Gasteiger partial charge in [-0.05, 0) is 61.4 Å². The Morgan fingerprint density at radius 3 is 1.26 bits per heavy atom. The number of allylic oxidation sites excluding steroid dienone is 1. The zero-order chi connectivity index (χ0) is 19.2. The van der Waals surface area contributed by atoms with Crippen LogP contribution in [0.25, 0.3) is 0 Å². The zero-order valence-corrected chi connectivity index (χ0v) is 19.6. The van der Waals surface area contributed by atoms with Crippen LogP contribution >= 0.6 is 31.9 Å². The van der Waals surface area contributed by atoms with E-state index in [9.17, 15) is 4.79 Å². The van der Waals surface area contributed by atoms with Crippen LogP contribution in [0.5, 0.6) is 0 Å². The van der Waals surface area contributed by atoms with Crippen molar-refractivity contribution >= 4 is 38.1 Å². The minimum Gasteiger partial charge on any atom is -0.396 e. The molecule has 0 bridgehead atoms. The number of carbonyl (C=O) groups excluding carboxylic acids is 1. The van der Waals surface area contributed by atoms with E-state index in [0.29, 0.717) is 30.3 Å². The lowest BCUT2D eigenvalue weighted by Crippen LogP contribution is -2.07. The number of halogens is 2. The van der Waals surface area contributed by atoms with E-state index < -0.39 is 0 Å². The fraction of sp³-hybridized carbons (Fsp3) is 0.842. The highest BCUT2D eigenvalue weighted by Gasteiger charge is 2.03. The van der Waals surface area contributed by atoms with Crippen LogP contribution in [0.1, 0.15) is 62.3 Å². The molecule has 0 aliphatic heterocycles. The smallest absolute Gasteiger partial charge is 0.123 e. The third-order valence-corrected chi connectivity index (χ3v) is 4.66. The van der Waals surface area contributed by atoms with Gasteiger partial charge in [0.05, 0.1) is 3.39 Å². The molecule has 0 heterocycles. The summed E-state index contributed by atoms with van der Waals surface area (Å²) in [4.78, 5) is 9.95. The molecule has 3 atom stereocenters. The van der Waals surface area contributed by atoms with E-state index in [1.165, 1.54) is 0 Å². The molecular formula is C19H38Br2O2. The first-order chi connectivity index (χ1) is 10.4. The summed E-state index contributed by atoms with van der Waals surface area (Å²) in [6, 6.07) is 0. The van der Waals surface area contributed by atoms with Gasteiger partial charge in [0.2, 0.25) is 0 Å². The van der Waals surface area contributed by atoms with Crippen molar-refractivity contribution in [1.82, 2.24) is 0 Å². The van der Waals surface area contributed by atoms with E-state index in [4.69, 9.17) is 5.11 Å². The molecule has 0 saturated carbocycles. The van der Waals surface area contributed by atoms with E-state index in [1.54, 1.807) is 0 Å². The van der Waals surface area contributed by atoms with Gasteiger partial charge in [-0.2, -0.15) is 0 Å². The number of aliphatic hydroxyl groups is 1. The van der Waals surface area contributed by atoms with Gasteiger partial charge in [0.25, 0.3) is 0 Å². The standard InChI is InChI=1S/C7H12Br2.C6H14O.C6H12O/c1-5(2)6(3)4-7(8)9;2*1-5(2)6(3)4-7/h4-6H,1-3H3;5-7H,4H2,1-3H3;4-6H,1-3H3/t3*6-/m111/s1. The van der Waals surface area contributed by atoms with Crippen LogP contribution in [-0.4, -0.2) is 18.0 Å². The summed E-state index contributed by atoms with van der Waals surface area (Å²) in [6.07, 6.45) is 3.15. The van der Waals surface area contributed by atoms with Crippen LogP contribution in [0.4, 0.5) is 0 Å². The second kappa shape index (κ2) is 17.2. The Kier molecular flexibility index (Phi) is 21.0. The van der Waals surface area contributed by atoms with Crippen molar-refractivity contribution in [2.24, 2.45) is 35.5 Å². The van der Waals surface area contributed by atoms with Crippen LogP contribution < -0.4 is 0 Å². The maximum absolute atomic E-state index is 9.95. The van der Waals surface area contributed by atoms with Crippen molar-refractivity contribution in [3.63, 3.8) is 0 Å². The van der Waals surface area contributed by atoms with Crippen LogP contribution in [0, 0.1) is 35.5 Å². The normalized spacial score (nSPS) is 14.2. The molecule has 0 aromatic rings. The minimum atomic E-state index is 0.222. The van der Waals surface area contributed by atoms with E-state index in [-0.39, 0.29) is 5.92 Å². The van der Waals surface area contributed by atoms with Crippen molar-refractivity contribution in [3.8, 4) is 0 Å². The molecule has 0 unspecified atom stereocenters. The number of rotatable bonds is 6. The number of aliphatic hydroxyl groups excluding tert-OH is 1. The van der Waals surface area contributed by atoms with Gasteiger partial charge >= 0.3 is 0 Å². The summed E-state index contributed by atoms with van der Waals surface area (Å²) in [7, 11) is 0. The Morgan fingerprint density at radius 1 is 0.826 bits per heavy atom. The highest BCUT2D eigenvalue weighted by Crippen LogP contribution is 2.20. The summed E-state index contributed by atoms with van der Waals surface area (Å²) >= 11 is 6.64. The van der Waals surface area contributed by atoms with E-state index in [1.807, 2.05) is 27.7 Å². The molecule has 0 aliphatic carbocycles. The third-order valence-electron chi connectivity index (χ3n) is 4.13. The average molecular weight is 458 g/mol. The summed E-state index contributed by atoms with van der Waals surface area (Å²) < 4.78 is 1.05. The fourth-order valence-corrected chi connectivity index (χ4v) is 1.59. The zero-order valence-electron chi connectivity index (χ0n) is 16.4. The molecule has 4 heteroatoms. The molecule has 2 nitrogen and oxygen atoms in total. The largest absolute Gasteiger partial charge is 0.396 e. The van der Waals surface area contributed by atoms with Crippen molar-refractivity contribution in [1.29, 1.82) is 0 Å². The fourth-order valence-electron chi connectivity index (χ4n) is 0.759. The Bertz CT molecular complexity index is 296. The molecule has 0 spiro atoms. The van der Waals surface area contributed by atoms with Crippen molar-refractivity contribution in [2.45, 2.75) is 62.3 Å². The summed E-state index contributed by atoms with van der Waals surface area (Å²) in [5.41, 5.74) is 0. The Morgan fingerprint density at radius 2 is 1.22 bits per heavy atom. The van der Waals surface area contributed by atoms with Gasteiger partial charge in [0.15, 0.2) is 0 Å². The Balaban J connectivity index is -0.000000264. The molecule has 0 amide bonds. The quantitative estimate of drug-likeness (QED) is 0.452. The van der Waals surface area contributed by atoms with E-state index >= 15 is 0 Å². The lowest BCUT2D eigenvalue weighted by Gasteiger charge is -2.09. The SMILES string of the molecule is CC(C)[C@H](C)C=C(Br)Br.CC(C)[C@H](C)C=O.CC(C)[C@H](C)CO. The minimum absolute atomic E-state index is 0.222. The molecule has 140 valence electrons. The maximum Gasteiger partial charge on any atom is 0.123 e. The van der Waals surface area contributed by atoms with Crippen LogP contribution in [0.2, 0.25) is 0 Å². The second-order valence-corrected chi connectivity index (χ2v) is 9.98. The highest BCUT2D eigenvalue weighted by atomic mass is 79.9. The molecule has 0 radical (unpaired) electrons. The highest BCUT2D eigenvalue weighted by molar-refractivity contribution is 9.28. The number of carbonyl (C=O) groups is 1. The predicted molar refractivity (Wildman–Crippen MR) is 111 cm³/mol. The first-order valence-electron chi connectivity index (χ1n) is 8.49. The second-order valence-electron chi connectivity index (χ2n) is 7.20. The molecule has 23 heavy (non-hydrogen) atoms. The summed E-state index contributed by atoms with van der Waals surface area (Å²) in [5.74, 6) is 3.15. The Labute approximate surface area is 161 Å². The molecule has 0 aromatic carbocycles. The first-order valence-corrected chi connectivity index (χ1v) is 10.1. The number of aldehydes is 1. The van der Waals surface area contributed by atoms with Gasteiger partial charge in [-0.1, -0.05) is 68.4 Å². The van der Waals surface area contributed by atoms with Crippen molar-refractivity contribution in [3.05, 3.63) is 9.47 Å². The van der Waals surface area contributed by atoms with E-state index in [0.717, 1.165) is 15.6 Å². The molecule has 0 fully saturated rings. The molecule has 0 aliphatic rings. The monoisotopic (exact) mass is 456 g/mol. The maximum atomic E-state index is 9.95. The van der Waals surface area contributed by atoms with Crippen LogP contribution in [-0.2, 0) is 4.79 Å². The van der Waals surface area contributed by atoms with Gasteiger partial charge in [-0.25, -0.2) is 0 Å². The van der Waals surface area contributed by atoms with E-state index in [2.05, 4.69) is 72.6 Å². The summed E-state index contributed by atoms with van der Waals surface area (Å²) in [6.45, 7) is 19.2. The van der Waals surface area contributed by atoms with Gasteiger partial charge in [-0.3, -0.25) is 0 Å². The molecule has 0 rings (SSSR count). The molecule has 1 N–H and O–H groups in total. The van der Waals surface area contributed by atoms with Crippen molar-refractivity contribution in [2.75, 3.05) is 6.61 Å². The molecular weight excluding hydrogens is 420 g/mol.